The molecule has 4 aliphatic heterocycles. The number of likely N-dealkylation sites (tertiary alicyclic amines) is 2. The van der Waals surface area contributed by atoms with E-state index in [-0.39, 0.29) is 7.43 Å². The number of H-pyrrole nitrogens is 2. The Kier molecular flexibility index (Phi) is 9.76. The Labute approximate surface area is 319 Å². The molecule has 12 nitrogen and oxygen atoms in total. The molecule has 4 aliphatic rings. The summed E-state index contributed by atoms with van der Waals surface area (Å²) in [6.07, 6.45) is 12.9. The van der Waals surface area contributed by atoms with Crippen LogP contribution in [0.1, 0.15) is 79.1 Å². The van der Waals surface area contributed by atoms with E-state index in [9.17, 15) is 0 Å². The zero-order valence-corrected chi connectivity index (χ0v) is 32.2. The highest BCUT2D eigenvalue weighted by molar-refractivity contribution is 6.03. The van der Waals surface area contributed by atoms with E-state index in [1.54, 1.807) is 0 Å². The molecule has 0 atom stereocenters. The molecule has 0 bridgehead atoms. The molecule has 0 saturated carbocycles. The SMILES string of the molecule is C.CC(C)N1CCC(N2Cc3c(ccn3C)-c3n[nH]c4ccnc2c34)CC1.CCn1ccc2c1CN(C1CCN(C(C)C)CC1)c1nccc3[nH]nc-2c13. The fraction of sp³-hybridized carbons (Fsp3) is 0.524. The van der Waals surface area contributed by atoms with E-state index in [2.05, 4.69) is 115 Å². The van der Waals surface area contributed by atoms with Crippen LogP contribution in [0.5, 0.6) is 0 Å². The number of rotatable bonds is 5. The number of hydrogen-bond acceptors (Lipinski definition) is 8. The Balaban J connectivity index is 0.000000150. The summed E-state index contributed by atoms with van der Waals surface area (Å²) in [7, 11) is 2.13. The third-order valence-corrected chi connectivity index (χ3v) is 12.6. The molecular formula is C42H58N12. The summed E-state index contributed by atoms with van der Waals surface area (Å²) >= 11 is 0. The lowest BCUT2D eigenvalue weighted by Gasteiger charge is -2.40. The summed E-state index contributed by atoms with van der Waals surface area (Å²) in [5.74, 6) is 2.18. The molecule has 10 heterocycles. The summed E-state index contributed by atoms with van der Waals surface area (Å²) in [5.41, 5.74) is 9.41. The molecule has 0 spiro atoms. The van der Waals surface area contributed by atoms with Crippen LogP contribution in [-0.2, 0) is 26.7 Å². The number of aromatic nitrogens is 8. The number of aryl methyl sites for hydroxylation is 2. The molecule has 10 rings (SSSR count). The molecule has 2 fully saturated rings. The van der Waals surface area contributed by atoms with E-state index in [0.29, 0.717) is 24.2 Å². The average Bonchev–Trinajstić information content (AvgIpc) is 3.95. The minimum Gasteiger partial charge on any atom is -0.352 e. The lowest BCUT2D eigenvalue weighted by molar-refractivity contribution is 0.169. The smallest absolute Gasteiger partial charge is 0.140 e. The van der Waals surface area contributed by atoms with Crippen LogP contribution >= 0.6 is 0 Å². The van der Waals surface area contributed by atoms with Crippen LogP contribution in [0.15, 0.2) is 49.1 Å². The van der Waals surface area contributed by atoms with Crippen molar-refractivity contribution in [1.82, 2.24) is 49.3 Å². The largest absolute Gasteiger partial charge is 0.352 e. The van der Waals surface area contributed by atoms with Crippen molar-refractivity contribution in [1.29, 1.82) is 0 Å². The number of nitrogens with zero attached hydrogens (tertiary/aromatic N) is 10. The predicted molar refractivity (Wildman–Crippen MR) is 220 cm³/mol. The Morgan fingerprint density at radius 3 is 1.61 bits per heavy atom. The predicted octanol–water partition coefficient (Wildman–Crippen LogP) is 7.43. The maximum atomic E-state index is 4.84. The van der Waals surface area contributed by atoms with E-state index >= 15 is 0 Å². The van der Waals surface area contributed by atoms with Gasteiger partial charge in [-0.2, -0.15) is 10.2 Å². The standard InChI is InChI=1S/C21H28N6.C20H26N6.CH4/c1-4-25-12-8-16-18(25)13-27(15-6-10-26(11-7-15)14(2)3)21-19-17(5-9-22-21)23-24-20(16)19;1-13(2)25-10-5-14(6-11-25)26-12-17-15(7-9-24(17)3)19-18-16(22-23-19)4-8-21-20(18)26;/h5,8-9,12,14-15H,4,6-7,10-11,13H2,1-3H3,(H,23,24);4,7-9,13-14H,5-6,10-12H2,1-3H3,(H,22,23);1H4. The lowest BCUT2D eigenvalue weighted by atomic mass is 10.0. The molecule has 2 saturated heterocycles. The molecule has 0 unspecified atom stereocenters. The molecule has 0 aliphatic carbocycles. The second kappa shape index (κ2) is 14.5. The second-order valence-electron chi connectivity index (χ2n) is 16.0. The van der Waals surface area contributed by atoms with Crippen molar-refractivity contribution in [2.75, 3.05) is 36.0 Å². The summed E-state index contributed by atoms with van der Waals surface area (Å²) < 4.78 is 4.59. The zero-order chi connectivity index (χ0) is 36.4. The zero-order valence-electron chi connectivity index (χ0n) is 32.2. The van der Waals surface area contributed by atoms with Gasteiger partial charge in [0.15, 0.2) is 0 Å². The number of fused-ring (bicyclic) bond motifs is 4. The highest BCUT2D eigenvalue weighted by Crippen LogP contribution is 2.42. The first-order valence-corrected chi connectivity index (χ1v) is 19.8. The quantitative estimate of drug-likeness (QED) is 0.189. The normalized spacial score (nSPS) is 18.1. The third-order valence-electron chi connectivity index (χ3n) is 12.6. The molecule has 286 valence electrons. The number of pyridine rings is 2. The Morgan fingerprint density at radius 1 is 0.667 bits per heavy atom. The van der Waals surface area contributed by atoms with E-state index in [1.807, 2.05) is 24.5 Å². The molecule has 6 aromatic heterocycles. The van der Waals surface area contributed by atoms with Gasteiger partial charge >= 0.3 is 0 Å². The van der Waals surface area contributed by atoms with E-state index in [4.69, 9.17) is 9.97 Å². The summed E-state index contributed by atoms with van der Waals surface area (Å²) in [5, 5.41) is 18.1. The second-order valence-corrected chi connectivity index (χ2v) is 16.0. The van der Waals surface area contributed by atoms with Gasteiger partial charge in [-0.05, 0) is 84.6 Å². The van der Waals surface area contributed by atoms with Crippen LogP contribution in [0, 0.1) is 0 Å². The van der Waals surface area contributed by atoms with Gasteiger partial charge in [0, 0.05) is 111 Å². The highest BCUT2D eigenvalue weighted by atomic mass is 15.3. The number of hydrogen-bond donors (Lipinski definition) is 2. The van der Waals surface area contributed by atoms with Gasteiger partial charge in [-0.15, -0.1) is 0 Å². The maximum absolute atomic E-state index is 4.84. The van der Waals surface area contributed by atoms with Gasteiger partial charge in [0.25, 0.3) is 0 Å². The minimum atomic E-state index is 0. The van der Waals surface area contributed by atoms with Crippen molar-refractivity contribution in [3.8, 4) is 22.5 Å². The van der Waals surface area contributed by atoms with Crippen molar-refractivity contribution in [2.24, 2.45) is 7.05 Å². The molecule has 0 radical (unpaired) electrons. The Bertz CT molecular complexity index is 2220. The summed E-state index contributed by atoms with van der Waals surface area (Å²) in [6, 6.07) is 10.8. The molecular weight excluding hydrogens is 673 g/mol. The number of piperidine rings is 2. The van der Waals surface area contributed by atoms with Crippen molar-refractivity contribution in [3.63, 3.8) is 0 Å². The first-order valence-electron chi connectivity index (χ1n) is 19.8. The summed E-state index contributed by atoms with van der Waals surface area (Å²) in [6.45, 7) is 18.8. The monoisotopic (exact) mass is 730 g/mol. The van der Waals surface area contributed by atoms with Gasteiger partial charge in [-0.25, -0.2) is 9.97 Å². The first kappa shape index (κ1) is 36.3. The number of aromatic amines is 2. The van der Waals surface area contributed by atoms with Gasteiger partial charge in [0.05, 0.1) is 34.9 Å². The van der Waals surface area contributed by atoms with Crippen LogP contribution in [0.2, 0.25) is 0 Å². The molecule has 0 amide bonds. The third kappa shape index (κ3) is 6.07. The van der Waals surface area contributed by atoms with Crippen molar-refractivity contribution < 1.29 is 0 Å². The minimum absolute atomic E-state index is 0. The van der Waals surface area contributed by atoms with E-state index < -0.39 is 0 Å². The number of anilines is 2. The van der Waals surface area contributed by atoms with Crippen LogP contribution in [-0.4, -0.2) is 99.6 Å². The van der Waals surface area contributed by atoms with Gasteiger partial charge < -0.3 is 28.7 Å². The average molecular weight is 731 g/mol. The van der Waals surface area contributed by atoms with Crippen LogP contribution < -0.4 is 9.80 Å². The fourth-order valence-corrected chi connectivity index (χ4v) is 9.40. The van der Waals surface area contributed by atoms with Crippen molar-refractivity contribution in [2.45, 2.75) is 112 Å². The first-order chi connectivity index (χ1) is 25.8. The van der Waals surface area contributed by atoms with Gasteiger partial charge in [0.1, 0.15) is 23.0 Å². The topological polar surface area (TPSA) is 106 Å². The van der Waals surface area contributed by atoms with E-state index in [0.717, 1.165) is 79.9 Å². The van der Waals surface area contributed by atoms with Gasteiger partial charge in [-0.1, -0.05) is 7.43 Å². The van der Waals surface area contributed by atoms with Gasteiger partial charge in [0.2, 0.25) is 0 Å². The Morgan fingerprint density at radius 2 is 1.13 bits per heavy atom. The maximum Gasteiger partial charge on any atom is 0.140 e. The molecule has 0 aromatic carbocycles. The number of nitrogens with one attached hydrogen (secondary N) is 2. The van der Waals surface area contributed by atoms with Crippen molar-refractivity contribution in [3.05, 3.63) is 60.4 Å². The molecule has 54 heavy (non-hydrogen) atoms. The lowest BCUT2D eigenvalue weighted by Crippen LogP contribution is -2.47. The van der Waals surface area contributed by atoms with Crippen LogP contribution in [0.3, 0.4) is 0 Å². The molecule has 2 N–H and O–H groups in total. The molecule has 6 aromatic rings. The van der Waals surface area contributed by atoms with Crippen LogP contribution in [0.25, 0.3) is 44.3 Å². The van der Waals surface area contributed by atoms with Crippen molar-refractivity contribution >= 4 is 33.4 Å². The summed E-state index contributed by atoms with van der Waals surface area (Å²) in [4.78, 5) is 19.9. The van der Waals surface area contributed by atoms with Gasteiger partial charge in [-0.3, -0.25) is 10.2 Å². The highest BCUT2D eigenvalue weighted by Gasteiger charge is 2.34. The molecule has 12 heteroatoms. The fourth-order valence-electron chi connectivity index (χ4n) is 9.40. The van der Waals surface area contributed by atoms with Crippen LogP contribution in [0.4, 0.5) is 11.6 Å². The van der Waals surface area contributed by atoms with E-state index in [1.165, 1.54) is 59.0 Å². The Hall–Kier alpha value is -4.68.